The molecule has 2 aromatic rings. The Kier molecular flexibility index (Phi) is 6.88. The summed E-state index contributed by atoms with van der Waals surface area (Å²) in [4.78, 5) is 7.45. The highest BCUT2D eigenvalue weighted by Crippen LogP contribution is 2.40. The predicted octanol–water partition coefficient (Wildman–Crippen LogP) is 5.14. The minimum atomic E-state index is 0.300. The molecule has 0 radical (unpaired) electrons. The number of benzene rings is 1. The van der Waals surface area contributed by atoms with Crippen LogP contribution in [0.25, 0.3) is 11.3 Å². The van der Waals surface area contributed by atoms with Gasteiger partial charge in [0.1, 0.15) is 0 Å². The largest absolute Gasteiger partial charge is 0.396 e. The summed E-state index contributed by atoms with van der Waals surface area (Å²) in [6.07, 6.45) is 6.90. The van der Waals surface area contributed by atoms with Crippen LogP contribution in [0.2, 0.25) is 0 Å². The lowest BCUT2D eigenvalue weighted by molar-refractivity contribution is 0.281. The SMILES string of the molecule is CC1CC[C@H](C)c2cc(-c3csc(N4CCC(NCCCCO)CC4)n3)ccc21. The fourth-order valence-corrected chi connectivity index (χ4v) is 5.67. The van der Waals surface area contributed by atoms with E-state index in [0.717, 1.165) is 43.3 Å². The van der Waals surface area contributed by atoms with E-state index in [2.05, 4.69) is 47.6 Å². The first-order chi connectivity index (χ1) is 14.2. The molecule has 2 atom stereocenters. The van der Waals surface area contributed by atoms with Crippen LogP contribution in [0, 0.1) is 0 Å². The topological polar surface area (TPSA) is 48.4 Å². The molecule has 4 nitrogen and oxygen atoms in total. The van der Waals surface area contributed by atoms with Gasteiger partial charge in [-0.3, -0.25) is 0 Å². The van der Waals surface area contributed by atoms with Crippen LogP contribution in [0.5, 0.6) is 0 Å². The van der Waals surface area contributed by atoms with Gasteiger partial charge in [0, 0.05) is 36.7 Å². The number of aromatic nitrogens is 1. The third-order valence-corrected chi connectivity index (χ3v) is 7.65. The summed E-state index contributed by atoms with van der Waals surface area (Å²) in [6.45, 7) is 8.18. The number of hydrogen-bond acceptors (Lipinski definition) is 5. The molecule has 0 spiro atoms. The molecule has 4 rings (SSSR count). The number of fused-ring (bicyclic) bond motifs is 1. The number of piperidine rings is 1. The highest BCUT2D eigenvalue weighted by molar-refractivity contribution is 7.14. The second-order valence-corrected chi connectivity index (χ2v) is 9.72. The van der Waals surface area contributed by atoms with Gasteiger partial charge in [-0.25, -0.2) is 4.98 Å². The van der Waals surface area contributed by atoms with E-state index in [1.54, 1.807) is 11.3 Å². The molecular weight excluding hydrogens is 378 g/mol. The minimum Gasteiger partial charge on any atom is -0.396 e. The van der Waals surface area contributed by atoms with Crippen molar-refractivity contribution >= 4 is 16.5 Å². The summed E-state index contributed by atoms with van der Waals surface area (Å²) in [5.74, 6) is 1.34. The zero-order chi connectivity index (χ0) is 20.2. The Balaban J connectivity index is 1.38. The number of anilines is 1. The summed E-state index contributed by atoms with van der Waals surface area (Å²) >= 11 is 1.78. The van der Waals surface area contributed by atoms with E-state index in [0.29, 0.717) is 24.5 Å². The molecule has 5 heteroatoms. The highest BCUT2D eigenvalue weighted by Gasteiger charge is 2.24. The smallest absolute Gasteiger partial charge is 0.185 e. The van der Waals surface area contributed by atoms with Crippen LogP contribution in [0.4, 0.5) is 5.13 Å². The predicted molar refractivity (Wildman–Crippen MR) is 123 cm³/mol. The van der Waals surface area contributed by atoms with E-state index in [4.69, 9.17) is 10.1 Å². The number of thiazole rings is 1. The van der Waals surface area contributed by atoms with Crippen LogP contribution in [-0.4, -0.2) is 42.4 Å². The molecule has 0 saturated carbocycles. The highest BCUT2D eigenvalue weighted by atomic mass is 32.1. The molecule has 2 N–H and O–H groups in total. The molecule has 1 unspecified atom stereocenters. The number of unbranched alkanes of at least 4 members (excludes halogenated alkanes) is 1. The maximum atomic E-state index is 8.89. The molecule has 1 aromatic carbocycles. The number of nitrogens with zero attached hydrogens (tertiary/aromatic N) is 2. The van der Waals surface area contributed by atoms with Gasteiger partial charge in [-0.05, 0) is 74.1 Å². The molecule has 1 aliphatic heterocycles. The Labute approximate surface area is 179 Å². The van der Waals surface area contributed by atoms with Crippen molar-refractivity contribution in [1.29, 1.82) is 0 Å². The molecule has 1 saturated heterocycles. The number of nitrogens with one attached hydrogen (secondary N) is 1. The average Bonchev–Trinajstić information content (AvgIpc) is 3.24. The number of rotatable bonds is 7. The summed E-state index contributed by atoms with van der Waals surface area (Å²) in [6, 6.07) is 7.62. The van der Waals surface area contributed by atoms with Crippen molar-refractivity contribution in [3.05, 3.63) is 34.7 Å². The van der Waals surface area contributed by atoms with E-state index >= 15 is 0 Å². The lowest BCUT2D eigenvalue weighted by atomic mass is 9.77. The van der Waals surface area contributed by atoms with Crippen molar-refractivity contribution in [2.45, 2.75) is 70.3 Å². The van der Waals surface area contributed by atoms with Gasteiger partial charge in [-0.1, -0.05) is 26.0 Å². The molecule has 29 heavy (non-hydrogen) atoms. The third kappa shape index (κ3) is 4.84. The third-order valence-electron chi connectivity index (χ3n) is 6.75. The lowest BCUT2D eigenvalue weighted by Crippen LogP contribution is -2.42. The Hall–Kier alpha value is -1.43. The lowest BCUT2D eigenvalue weighted by Gasteiger charge is -2.32. The molecule has 1 aliphatic carbocycles. The van der Waals surface area contributed by atoms with Crippen LogP contribution in [0.1, 0.15) is 75.3 Å². The van der Waals surface area contributed by atoms with E-state index in [1.807, 2.05) is 0 Å². The summed E-state index contributed by atoms with van der Waals surface area (Å²) in [5, 5.41) is 15.9. The van der Waals surface area contributed by atoms with Crippen molar-refractivity contribution in [3.8, 4) is 11.3 Å². The van der Waals surface area contributed by atoms with Crippen molar-refractivity contribution in [2.75, 3.05) is 31.1 Å². The molecule has 2 aliphatic rings. The Morgan fingerprint density at radius 1 is 1.07 bits per heavy atom. The van der Waals surface area contributed by atoms with Gasteiger partial charge in [0.05, 0.1) is 5.69 Å². The van der Waals surface area contributed by atoms with Gasteiger partial charge in [-0.2, -0.15) is 0 Å². The van der Waals surface area contributed by atoms with Crippen LogP contribution in [0.3, 0.4) is 0 Å². The maximum Gasteiger partial charge on any atom is 0.185 e. The number of hydrogen-bond donors (Lipinski definition) is 2. The minimum absolute atomic E-state index is 0.300. The van der Waals surface area contributed by atoms with E-state index in [1.165, 1.54) is 42.4 Å². The van der Waals surface area contributed by atoms with Gasteiger partial charge < -0.3 is 15.3 Å². The zero-order valence-corrected chi connectivity index (χ0v) is 18.7. The monoisotopic (exact) mass is 413 g/mol. The molecule has 2 heterocycles. The molecule has 0 amide bonds. The van der Waals surface area contributed by atoms with E-state index in [9.17, 15) is 0 Å². The average molecular weight is 414 g/mol. The second-order valence-electron chi connectivity index (χ2n) is 8.88. The number of aliphatic hydroxyl groups is 1. The summed E-state index contributed by atoms with van der Waals surface area (Å²) < 4.78 is 0. The van der Waals surface area contributed by atoms with Crippen LogP contribution < -0.4 is 10.2 Å². The van der Waals surface area contributed by atoms with E-state index in [-0.39, 0.29) is 0 Å². The van der Waals surface area contributed by atoms with Gasteiger partial charge >= 0.3 is 0 Å². The quantitative estimate of drug-likeness (QED) is 0.617. The molecule has 1 aromatic heterocycles. The van der Waals surface area contributed by atoms with Gasteiger partial charge in [0.25, 0.3) is 0 Å². The van der Waals surface area contributed by atoms with Crippen molar-refractivity contribution < 1.29 is 5.11 Å². The van der Waals surface area contributed by atoms with Crippen molar-refractivity contribution in [3.63, 3.8) is 0 Å². The first-order valence-electron chi connectivity index (χ1n) is 11.3. The summed E-state index contributed by atoms with van der Waals surface area (Å²) in [7, 11) is 0. The van der Waals surface area contributed by atoms with Crippen LogP contribution in [0.15, 0.2) is 23.6 Å². The molecule has 1 fully saturated rings. The van der Waals surface area contributed by atoms with Crippen molar-refractivity contribution in [1.82, 2.24) is 10.3 Å². The standard InChI is InChI=1S/C24H35N3OS/c1-17-5-6-18(2)22-15-19(7-8-21(17)22)23-16-29-24(26-23)27-12-9-20(10-13-27)25-11-3-4-14-28/h7-8,15-18,20,25,28H,3-6,9-14H2,1-2H3/t17?,18-/m0/s1. The number of aliphatic hydroxyl groups excluding tert-OH is 1. The van der Waals surface area contributed by atoms with Gasteiger partial charge in [-0.15, -0.1) is 11.3 Å². The first-order valence-corrected chi connectivity index (χ1v) is 12.2. The first kappa shape index (κ1) is 20.8. The fraction of sp³-hybridized carbons (Fsp3) is 0.625. The second kappa shape index (κ2) is 9.59. The summed E-state index contributed by atoms with van der Waals surface area (Å²) in [5.41, 5.74) is 5.47. The Morgan fingerprint density at radius 3 is 2.59 bits per heavy atom. The van der Waals surface area contributed by atoms with Crippen LogP contribution >= 0.6 is 11.3 Å². The molecule has 0 bridgehead atoms. The van der Waals surface area contributed by atoms with Crippen molar-refractivity contribution in [2.24, 2.45) is 0 Å². The molecular formula is C24H35N3OS. The fourth-order valence-electron chi connectivity index (χ4n) is 4.78. The zero-order valence-electron chi connectivity index (χ0n) is 17.9. The normalized spacial score (nSPS) is 22.7. The van der Waals surface area contributed by atoms with E-state index < -0.39 is 0 Å². The van der Waals surface area contributed by atoms with Crippen LogP contribution in [-0.2, 0) is 0 Å². The maximum absolute atomic E-state index is 8.89. The van der Waals surface area contributed by atoms with Gasteiger partial charge in [0.2, 0.25) is 0 Å². The van der Waals surface area contributed by atoms with Gasteiger partial charge in [0.15, 0.2) is 5.13 Å². The Morgan fingerprint density at radius 2 is 1.83 bits per heavy atom. The molecule has 158 valence electrons. The Bertz CT molecular complexity index is 797.